The molecule has 0 aliphatic rings. The molecule has 0 aromatic carbocycles. The number of pyridine rings is 2. The Morgan fingerprint density at radius 3 is 1.72 bits per heavy atom. The Balaban J connectivity index is 0. The lowest BCUT2D eigenvalue weighted by Gasteiger charge is -2.36. The lowest BCUT2D eigenvalue weighted by Crippen LogP contribution is -2.37. The van der Waals surface area contributed by atoms with Gasteiger partial charge >= 0.3 is 0 Å². The molecule has 2 unspecified atom stereocenters. The van der Waals surface area contributed by atoms with Gasteiger partial charge in [-0.15, -0.1) is 23.5 Å². The van der Waals surface area contributed by atoms with Crippen molar-refractivity contribution >= 4 is 52.5 Å². The number of rotatable bonds is 14. The lowest BCUT2D eigenvalue weighted by atomic mass is 9.93. The van der Waals surface area contributed by atoms with Crippen LogP contribution in [0.3, 0.4) is 0 Å². The van der Waals surface area contributed by atoms with E-state index in [0.717, 1.165) is 23.5 Å². The first-order valence-electron chi connectivity index (χ1n) is 11.8. The first kappa shape index (κ1) is 39.1. The summed E-state index contributed by atoms with van der Waals surface area (Å²) in [5.41, 5.74) is 1.68. The van der Waals surface area contributed by atoms with E-state index < -0.39 is 27.2 Å². The van der Waals surface area contributed by atoms with Crippen molar-refractivity contribution < 1.29 is 20.1 Å². The maximum Gasteiger partial charge on any atom is 0.261 e. The van der Waals surface area contributed by atoms with E-state index in [4.69, 9.17) is 23.2 Å². The number of halogens is 2. The molecule has 39 heavy (non-hydrogen) atoms. The van der Waals surface area contributed by atoms with Crippen LogP contribution in [0.1, 0.15) is 63.5 Å². The van der Waals surface area contributed by atoms with Gasteiger partial charge in [-0.25, -0.2) is 9.97 Å². The van der Waals surface area contributed by atoms with Gasteiger partial charge in [-0.3, -0.25) is 25.0 Å². The topological polar surface area (TPSA) is 196 Å². The minimum absolute atomic E-state index is 0. The molecule has 5 N–H and O–H groups in total. The number of hydrogen-bond acceptors (Lipinski definition) is 10. The minimum atomic E-state index is -0.652. The quantitative estimate of drug-likeness (QED) is 0.110. The van der Waals surface area contributed by atoms with Crippen LogP contribution in [0.4, 0.5) is 0 Å². The molecule has 2 heterocycles. The van der Waals surface area contributed by atoms with Crippen LogP contribution in [0.2, 0.25) is 10.3 Å². The molecule has 0 fully saturated rings. The Morgan fingerprint density at radius 1 is 0.897 bits per heavy atom. The third kappa shape index (κ3) is 12.8. The second kappa shape index (κ2) is 19.9. The Bertz CT molecular complexity index is 1010. The summed E-state index contributed by atoms with van der Waals surface area (Å²) in [5, 5.41) is 22.3. The van der Waals surface area contributed by atoms with Gasteiger partial charge in [0.05, 0.1) is 5.92 Å². The number of carbonyl (C=O) groups is 1. The summed E-state index contributed by atoms with van der Waals surface area (Å²) >= 11 is 14.8. The molecule has 15 heteroatoms. The van der Waals surface area contributed by atoms with Gasteiger partial charge in [0, 0.05) is 28.2 Å². The molecular weight excluding hydrogens is 589 g/mol. The van der Waals surface area contributed by atoms with Crippen molar-refractivity contribution in [3.05, 3.63) is 78.3 Å². The number of Topliss-reactive ketones (excluding diaryl/α,β-unsaturated/α-hetero) is 1. The van der Waals surface area contributed by atoms with Crippen LogP contribution in [0.5, 0.6) is 0 Å². The van der Waals surface area contributed by atoms with E-state index in [1.807, 2.05) is 19.9 Å². The van der Waals surface area contributed by atoms with E-state index in [0.29, 0.717) is 22.3 Å². The van der Waals surface area contributed by atoms with E-state index in [1.54, 1.807) is 54.8 Å². The molecule has 11 nitrogen and oxygen atoms in total. The Morgan fingerprint density at radius 2 is 1.38 bits per heavy atom. The van der Waals surface area contributed by atoms with E-state index in [1.165, 1.54) is 6.20 Å². The highest BCUT2D eigenvalue weighted by molar-refractivity contribution is 8.18. The molecule has 0 saturated heterocycles. The van der Waals surface area contributed by atoms with Crippen LogP contribution < -0.4 is 6.15 Å². The molecule has 220 valence electrons. The van der Waals surface area contributed by atoms with Gasteiger partial charge in [-0.2, -0.15) is 0 Å². The lowest BCUT2D eigenvalue weighted by molar-refractivity contribution is -0.481. The average Bonchev–Trinajstić information content (AvgIpc) is 2.82. The van der Waals surface area contributed by atoms with Crippen molar-refractivity contribution in [2.24, 2.45) is 0 Å². The van der Waals surface area contributed by atoms with Crippen molar-refractivity contribution in [3.63, 3.8) is 0 Å². The second-order valence-electron chi connectivity index (χ2n) is 7.88. The number of thioether (sulfide) groups is 2. The van der Waals surface area contributed by atoms with Crippen molar-refractivity contribution in [2.75, 3.05) is 24.6 Å². The standard InChI is InChI=1S/C14H21ClN2O2S2.C10H11ClN2O3.H3N.H2O/c1-4-12(11-7-8-13(15)16-9-11)14(20-5-2,21-6-3)10-17(18)19;1-2-8(9(14)6-13(15)16)7-3-4-10(11)12-5-7;;/h7-9,12H,4-6,10H2,1-3H3;3-5,8H,2,6H2,1H3;1H3;1H2. The molecule has 0 spiro atoms. The fourth-order valence-electron chi connectivity index (χ4n) is 3.99. The van der Waals surface area contributed by atoms with Crippen molar-refractivity contribution in [1.82, 2.24) is 16.1 Å². The molecule has 0 amide bonds. The molecule has 0 bridgehead atoms. The van der Waals surface area contributed by atoms with Gasteiger partial charge in [0.2, 0.25) is 12.3 Å². The highest BCUT2D eigenvalue weighted by atomic mass is 35.5. The number of nitro groups is 2. The van der Waals surface area contributed by atoms with Crippen molar-refractivity contribution in [2.45, 2.75) is 56.5 Å². The number of hydrogen-bond donors (Lipinski definition) is 1. The first-order chi connectivity index (χ1) is 17.5. The Labute approximate surface area is 247 Å². The first-order valence-corrected chi connectivity index (χ1v) is 14.5. The van der Waals surface area contributed by atoms with Gasteiger partial charge in [-0.05, 0) is 47.6 Å². The van der Waals surface area contributed by atoms with Crippen LogP contribution in [0.25, 0.3) is 0 Å². The normalized spacial score (nSPS) is 12.1. The monoisotopic (exact) mass is 625 g/mol. The van der Waals surface area contributed by atoms with E-state index in [-0.39, 0.29) is 29.0 Å². The molecule has 0 saturated carbocycles. The zero-order chi connectivity index (χ0) is 28.0. The van der Waals surface area contributed by atoms with Crippen molar-refractivity contribution in [3.8, 4) is 0 Å². The van der Waals surface area contributed by atoms with Gasteiger partial charge in [-0.1, -0.05) is 63.0 Å². The maximum absolute atomic E-state index is 11.6. The Kier molecular flexibility index (Phi) is 20.0. The van der Waals surface area contributed by atoms with E-state index >= 15 is 0 Å². The number of aromatic nitrogens is 2. The SMILES string of the molecule is CCC(C(=O)C[N+](=O)[O-])c1ccc(Cl)nc1.CCSC(C[N+](=O)[O-])(SCC)C(CC)c1ccc(Cl)nc1.N.O. The Hall–Kier alpha value is -2.03. The zero-order valence-corrected chi connectivity index (χ0v) is 25.6. The molecule has 2 aromatic heterocycles. The van der Waals surface area contributed by atoms with Gasteiger partial charge < -0.3 is 11.6 Å². The predicted octanol–water partition coefficient (Wildman–Crippen LogP) is 6.12. The molecule has 0 aliphatic heterocycles. The third-order valence-electron chi connectivity index (χ3n) is 5.45. The fourth-order valence-corrected chi connectivity index (χ4v) is 7.63. The molecule has 2 rings (SSSR count). The van der Waals surface area contributed by atoms with Crippen molar-refractivity contribution in [1.29, 1.82) is 0 Å². The second-order valence-corrected chi connectivity index (χ2v) is 12.1. The summed E-state index contributed by atoms with van der Waals surface area (Å²) in [5.74, 6) is 0.880. The largest absolute Gasteiger partial charge is 0.412 e. The molecule has 0 aliphatic carbocycles. The molecule has 0 radical (unpaired) electrons. The fraction of sp³-hybridized carbons (Fsp3) is 0.542. The number of carbonyl (C=O) groups excluding carboxylic acids is 1. The van der Waals surface area contributed by atoms with Gasteiger partial charge in [0.25, 0.3) is 6.54 Å². The van der Waals surface area contributed by atoms with Crippen LogP contribution in [-0.2, 0) is 4.79 Å². The molecule has 2 atom stereocenters. The highest BCUT2D eigenvalue weighted by Gasteiger charge is 2.44. The summed E-state index contributed by atoms with van der Waals surface area (Å²) in [7, 11) is 0. The molecular formula is C24H37Cl2N5O6S2. The summed E-state index contributed by atoms with van der Waals surface area (Å²) in [6, 6.07) is 6.93. The predicted molar refractivity (Wildman–Crippen MR) is 161 cm³/mol. The van der Waals surface area contributed by atoms with Crippen LogP contribution >= 0.6 is 46.7 Å². The highest BCUT2D eigenvalue weighted by Crippen LogP contribution is 2.49. The third-order valence-corrected chi connectivity index (χ3v) is 8.99. The number of nitrogens with zero attached hydrogens (tertiary/aromatic N) is 4. The van der Waals surface area contributed by atoms with Crippen LogP contribution in [0.15, 0.2) is 36.7 Å². The molecule has 2 aromatic rings. The van der Waals surface area contributed by atoms with Crippen LogP contribution in [0, 0.1) is 20.2 Å². The summed E-state index contributed by atoms with van der Waals surface area (Å²) < 4.78 is -0.461. The minimum Gasteiger partial charge on any atom is -0.412 e. The zero-order valence-electron chi connectivity index (χ0n) is 22.5. The average molecular weight is 627 g/mol. The summed E-state index contributed by atoms with van der Waals surface area (Å²) in [4.78, 5) is 40.2. The van der Waals surface area contributed by atoms with Gasteiger partial charge in [0.15, 0.2) is 0 Å². The summed E-state index contributed by atoms with van der Waals surface area (Å²) in [6.45, 7) is 7.26. The summed E-state index contributed by atoms with van der Waals surface area (Å²) in [6.07, 6.45) is 4.57. The van der Waals surface area contributed by atoms with Crippen LogP contribution in [-0.4, -0.2) is 59.7 Å². The smallest absolute Gasteiger partial charge is 0.261 e. The van der Waals surface area contributed by atoms with E-state index in [9.17, 15) is 25.0 Å². The van der Waals surface area contributed by atoms with E-state index in [2.05, 4.69) is 16.9 Å². The number of ketones is 1. The maximum atomic E-state index is 11.6. The van der Waals surface area contributed by atoms with Gasteiger partial charge in [0.1, 0.15) is 14.4 Å².